The Morgan fingerprint density at radius 1 is 1.33 bits per heavy atom. The molecule has 0 aromatic heterocycles. The minimum absolute atomic E-state index is 0.228. The molecule has 1 aromatic rings. The van der Waals surface area contributed by atoms with E-state index in [1.807, 2.05) is 24.3 Å². The Hall–Kier alpha value is -1.02. The highest BCUT2D eigenvalue weighted by atomic mass is 35.5. The van der Waals surface area contributed by atoms with Crippen LogP contribution in [0.3, 0.4) is 0 Å². The van der Waals surface area contributed by atoms with Crippen molar-refractivity contribution in [3.8, 4) is 5.75 Å². The van der Waals surface area contributed by atoms with Gasteiger partial charge in [0, 0.05) is 0 Å². The van der Waals surface area contributed by atoms with Gasteiger partial charge in [-0.2, -0.15) is 0 Å². The van der Waals surface area contributed by atoms with Crippen LogP contribution in [0.4, 0.5) is 0 Å². The van der Waals surface area contributed by atoms with Gasteiger partial charge in [0.1, 0.15) is 5.75 Å². The zero-order valence-electron chi connectivity index (χ0n) is 10.7. The van der Waals surface area contributed by atoms with E-state index in [9.17, 15) is 4.79 Å². The molecule has 0 heterocycles. The van der Waals surface area contributed by atoms with E-state index >= 15 is 0 Å². The third-order valence-electron chi connectivity index (χ3n) is 3.76. The van der Waals surface area contributed by atoms with Gasteiger partial charge >= 0.3 is 0 Å². The van der Waals surface area contributed by atoms with Gasteiger partial charge in [-0.05, 0) is 48.6 Å². The largest absolute Gasteiger partial charge is 0.494 e. The highest BCUT2D eigenvalue weighted by Crippen LogP contribution is 2.45. The van der Waals surface area contributed by atoms with Crippen LogP contribution in [0.15, 0.2) is 24.3 Å². The fourth-order valence-corrected chi connectivity index (χ4v) is 2.63. The van der Waals surface area contributed by atoms with Crippen molar-refractivity contribution in [2.45, 2.75) is 44.4 Å². The van der Waals surface area contributed by atoms with Gasteiger partial charge in [0.25, 0.3) is 0 Å². The first-order valence-electron chi connectivity index (χ1n) is 6.62. The Bertz CT molecular complexity index is 407. The summed E-state index contributed by atoms with van der Waals surface area (Å²) >= 11 is 5.74. The molecule has 0 atom stereocenters. The van der Waals surface area contributed by atoms with E-state index in [-0.39, 0.29) is 5.24 Å². The van der Waals surface area contributed by atoms with Gasteiger partial charge in [-0.3, -0.25) is 4.79 Å². The predicted octanol–water partition coefficient (Wildman–Crippen LogP) is 4.05. The molecule has 0 unspecified atom stereocenters. The van der Waals surface area contributed by atoms with Crippen molar-refractivity contribution in [3.63, 3.8) is 0 Å². The molecule has 2 rings (SSSR count). The average molecular weight is 267 g/mol. The summed E-state index contributed by atoms with van der Waals surface area (Å²) in [5.74, 6) is 0.865. The fraction of sp³-hybridized carbons (Fsp3) is 0.533. The quantitative estimate of drug-likeness (QED) is 0.573. The second-order valence-electron chi connectivity index (χ2n) is 4.94. The lowest BCUT2D eigenvalue weighted by atomic mass is 9.65. The molecule has 1 fully saturated rings. The highest BCUT2D eigenvalue weighted by Gasteiger charge is 2.44. The maximum atomic E-state index is 11.6. The third-order valence-corrected chi connectivity index (χ3v) is 4.12. The molecule has 3 heteroatoms. The molecule has 1 aliphatic carbocycles. The molecule has 98 valence electrons. The Morgan fingerprint density at radius 3 is 2.44 bits per heavy atom. The second kappa shape index (κ2) is 5.75. The first-order chi connectivity index (χ1) is 8.69. The molecular formula is C15H19ClO2. The van der Waals surface area contributed by atoms with Crippen LogP contribution in [-0.4, -0.2) is 11.8 Å². The molecule has 0 amide bonds. The topological polar surface area (TPSA) is 26.3 Å². The fourth-order valence-electron chi connectivity index (χ4n) is 2.33. The Labute approximate surface area is 113 Å². The molecule has 0 spiro atoms. The smallest absolute Gasteiger partial charge is 0.232 e. The van der Waals surface area contributed by atoms with Crippen molar-refractivity contribution in [1.82, 2.24) is 0 Å². The lowest BCUT2D eigenvalue weighted by Gasteiger charge is -2.38. The van der Waals surface area contributed by atoms with Crippen molar-refractivity contribution in [2.75, 3.05) is 6.61 Å². The van der Waals surface area contributed by atoms with Crippen LogP contribution in [0.5, 0.6) is 5.75 Å². The van der Waals surface area contributed by atoms with Crippen LogP contribution in [-0.2, 0) is 10.2 Å². The Kier molecular flexibility index (Phi) is 4.28. The molecule has 0 aliphatic heterocycles. The maximum Gasteiger partial charge on any atom is 0.232 e. The highest BCUT2D eigenvalue weighted by molar-refractivity contribution is 6.65. The number of rotatable bonds is 6. The summed E-state index contributed by atoms with van der Waals surface area (Å²) < 4.78 is 5.61. The number of hydrogen-bond donors (Lipinski definition) is 0. The molecular weight excluding hydrogens is 248 g/mol. The van der Waals surface area contributed by atoms with E-state index in [2.05, 4.69) is 6.92 Å². The lowest BCUT2D eigenvalue weighted by Crippen LogP contribution is -2.39. The SMILES string of the molecule is CCCCOc1ccc(C2(C(=O)Cl)CCC2)cc1. The van der Waals surface area contributed by atoms with Crippen LogP contribution >= 0.6 is 11.6 Å². The number of ether oxygens (including phenoxy) is 1. The van der Waals surface area contributed by atoms with Crippen LogP contribution in [0, 0.1) is 0 Å². The maximum absolute atomic E-state index is 11.6. The Balaban J connectivity index is 2.05. The van der Waals surface area contributed by atoms with Gasteiger partial charge in [0.15, 0.2) is 0 Å². The summed E-state index contributed by atoms with van der Waals surface area (Å²) in [5.41, 5.74) is 0.598. The summed E-state index contributed by atoms with van der Waals surface area (Å²) in [6, 6.07) is 7.82. The summed E-state index contributed by atoms with van der Waals surface area (Å²) in [5, 5.41) is -0.228. The first kappa shape index (κ1) is 13.4. The van der Waals surface area contributed by atoms with Gasteiger partial charge in [-0.25, -0.2) is 0 Å². The number of hydrogen-bond acceptors (Lipinski definition) is 2. The minimum atomic E-state index is -0.427. The van der Waals surface area contributed by atoms with E-state index in [0.29, 0.717) is 0 Å². The molecule has 18 heavy (non-hydrogen) atoms. The number of benzene rings is 1. The minimum Gasteiger partial charge on any atom is -0.494 e. The summed E-state index contributed by atoms with van der Waals surface area (Å²) in [4.78, 5) is 11.6. The van der Waals surface area contributed by atoms with Crippen LogP contribution in [0.2, 0.25) is 0 Å². The summed E-state index contributed by atoms with van der Waals surface area (Å²) in [7, 11) is 0. The second-order valence-corrected chi connectivity index (χ2v) is 5.28. The van der Waals surface area contributed by atoms with E-state index < -0.39 is 5.41 Å². The molecule has 1 aliphatic rings. The number of unbranched alkanes of at least 4 members (excludes halogenated alkanes) is 1. The monoisotopic (exact) mass is 266 g/mol. The lowest BCUT2D eigenvalue weighted by molar-refractivity contribution is -0.119. The molecule has 1 saturated carbocycles. The van der Waals surface area contributed by atoms with Crippen molar-refractivity contribution in [2.24, 2.45) is 0 Å². The van der Waals surface area contributed by atoms with Crippen molar-refractivity contribution in [1.29, 1.82) is 0 Å². The first-order valence-corrected chi connectivity index (χ1v) is 7.00. The van der Waals surface area contributed by atoms with Gasteiger partial charge in [-0.15, -0.1) is 0 Å². The standard InChI is InChI=1S/C15H19ClO2/c1-2-3-11-18-13-7-5-12(6-8-13)15(14(16)17)9-4-10-15/h5-8H,2-4,9-11H2,1H3. The van der Waals surface area contributed by atoms with E-state index in [1.165, 1.54) is 0 Å². The number of carbonyl (C=O) groups is 1. The zero-order valence-corrected chi connectivity index (χ0v) is 11.5. The molecule has 0 saturated heterocycles. The number of carbonyl (C=O) groups excluding carboxylic acids is 1. The Morgan fingerprint density at radius 2 is 2.00 bits per heavy atom. The van der Waals surface area contributed by atoms with E-state index in [0.717, 1.165) is 50.0 Å². The average Bonchev–Trinajstić information content (AvgIpc) is 2.29. The predicted molar refractivity (Wildman–Crippen MR) is 73.2 cm³/mol. The van der Waals surface area contributed by atoms with Crippen molar-refractivity contribution < 1.29 is 9.53 Å². The van der Waals surface area contributed by atoms with Gasteiger partial charge in [-0.1, -0.05) is 31.9 Å². The normalized spacial score (nSPS) is 17.0. The third kappa shape index (κ3) is 2.54. The zero-order chi connectivity index (χ0) is 13.0. The summed E-state index contributed by atoms with van der Waals surface area (Å²) in [6.45, 7) is 2.88. The molecule has 0 radical (unpaired) electrons. The van der Waals surface area contributed by atoms with E-state index in [1.54, 1.807) is 0 Å². The van der Waals surface area contributed by atoms with Gasteiger partial charge in [0.2, 0.25) is 5.24 Å². The summed E-state index contributed by atoms with van der Waals surface area (Å²) in [6.07, 6.45) is 5.00. The van der Waals surface area contributed by atoms with Crippen LogP contribution in [0.25, 0.3) is 0 Å². The molecule has 2 nitrogen and oxygen atoms in total. The molecule has 0 bridgehead atoms. The van der Waals surface area contributed by atoms with Crippen molar-refractivity contribution >= 4 is 16.8 Å². The molecule has 0 N–H and O–H groups in total. The van der Waals surface area contributed by atoms with Crippen LogP contribution < -0.4 is 4.74 Å². The number of halogens is 1. The van der Waals surface area contributed by atoms with Crippen molar-refractivity contribution in [3.05, 3.63) is 29.8 Å². The van der Waals surface area contributed by atoms with Gasteiger partial charge in [0.05, 0.1) is 12.0 Å². The van der Waals surface area contributed by atoms with Gasteiger partial charge < -0.3 is 4.74 Å². The van der Waals surface area contributed by atoms with E-state index in [4.69, 9.17) is 16.3 Å². The van der Waals surface area contributed by atoms with Crippen LogP contribution in [0.1, 0.15) is 44.6 Å². The molecule has 1 aromatic carbocycles.